The highest BCUT2D eigenvalue weighted by molar-refractivity contribution is 9.10. The molecule has 0 aliphatic rings. The number of hydrogen-bond acceptors (Lipinski definition) is 5. The predicted molar refractivity (Wildman–Crippen MR) is 78.6 cm³/mol. The summed E-state index contributed by atoms with van der Waals surface area (Å²) in [6.07, 6.45) is 0. The van der Waals surface area contributed by atoms with Gasteiger partial charge in [-0.2, -0.15) is 0 Å². The van der Waals surface area contributed by atoms with Gasteiger partial charge in [-0.3, -0.25) is 10.1 Å². The third-order valence-corrected chi connectivity index (χ3v) is 4.10. The number of benzene rings is 2. The summed E-state index contributed by atoms with van der Waals surface area (Å²) in [6.45, 7) is 0. The van der Waals surface area contributed by atoms with Crippen molar-refractivity contribution in [2.45, 2.75) is 4.90 Å². The van der Waals surface area contributed by atoms with Gasteiger partial charge in [0, 0.05) is 6.07 Å². The Bertz CT molecular complexity index is 857. The third kappa shape index (κ3) is 3.59. The molecule has 0 unspecified atom stereocenters. The molecule has 0 heterocycles. The summed E-state index contributed by atoms with van der Waals surface area (Å²) in [5.74, 6) is -0.587. The van der Waals surface area contributed by atoms with Crippen molar-refractivity contribution in [3.63, 3.8) is 0 Å². The van der Waals surface area contributed by atoms with E-state index in [2.05, 4.69) is 15.9 Å². The number of nitrogens with two attached hydrogens (primary N) is 1. The summed E-state index contributed by atoms with van der Waals surface area (Å²) in [5.41, 5.74) is -0.581. The molecular weight excluding hydrogens is 383 g/mol. The van der Waals surface area contributed by atoms with Gasteiger partial charge in [0.1, 0.15) is 11.6 Å². The van der Waals surface area contributed by atoms with E-state index in [4.69, 9.17) is 9.88 Å². The molecule has 0 amide bonds. The molecule has 10 heteroatoms. The Hall–Kier alpha value is -2.04. The standard InChI is InChI=1S/C12H8BrFN2O5S/c13-9-5-7(14)1-3-11(9)21-12-4-2-8(22(15,19)20)6-10(12)16(17)18/h1-6H,(H2,15,19,20). The summed E-state index contributed by atoms with van der Waals surface area (Å²) >= 11 is 3.06. The predicted octanol–water partition coefficient (Wildman–Crippen LogP) is 2.94. The molecule has 0 atom stereocenters. The van der Waals surface area contributed by atoms with Crippen LogP contribution in [-0.4, -0.2) is 13.3 Å². The Morgan fingerprint density at radius 1 is 1.18 bits per heavy atom. The lowest BCUT2D eigenvalue weighted by Crippen LogP contribution is -2.12. The van der Waals surface area contributed by atoms with E-state index in [1.54, 1.807) is 0 Å². The van der Waals surface area contributed by atoms with Gasteiger partial charge in [0.2, 0.25) is 15.8 Å². The molecule has 22 heavy (non-hydrogen) atoms. The van der Waals surface area contributed by atoms with E-state index in [-0.39, 0.29) is 16.0 Å². The molecule has 0 aromatic heterocycles. The molecule has 0 spiro atoms. The van der Waals surface area contributed by atoms with Crippen molar-refractivity contribution in [1.82, 2.24) is 0 Å². The van der Waals surface area contributed by atoms with Crippen LogP contribution in [0.2, 0.25) is 0 Å². The first kappa shape index (κ1) is 16.3. The topological polar surface area (TPSA) is 113 Å². The normalized spacial score (nSPS) is 11.2. The second-order valence-electron chi connectivity index (χ2n) is 4.11. The second kappa shape index (κ2) is 5.99. The third-order valence-electron chi connectivity index (χ3n) is 2.57. The van der Waals surface area contributed by atoms with Gasteiger partial charge in [-0.1, -0.05) is 0 Å². The van der Waals surface area contributed by atoms with Crippen LogP contribution in [0.15, 0.2) is 45.8 Å². The van der Waals surface area contributed by atoms with E-state index < -0.39 is 31.3 Å². The quantitative estimate of drug-likeness (QED) is 0.636. The number of rotatable bonds is 4. The van der Waals surface area contributed by atoms with Crippen molar-refractivity contribution in [3.8, 4) is 11.5 Å². The molecule has 0 fully saturated rings. The summed E-state index contributed by atoms with van der Waals surface area (Å²) in [4.78, 5) is 9.83. The highest BCUT2D eigenvalue weighted by atomic mass is 79.9. The zero-order valence-corrected chi connectivity index (χ0v) is 13.1. The lowest BCUT2D eigenvalue weighted by molar-refractivity contribution is -0.385. The first-order chi connectivity index (χ1) is 10.2. The van der Waals surface area contributed by atoms with Gasteiger partial charge in [0.05, 0.1) is 14.3 Å². The van der Waals surface area contributed by atoms with Crippen LogP contribution in [0.1, 0.15) is 0 Å². The highest BCUT2D eigenvalue weighted by Crippen LogP contribution is 2.36. The van der Waals surface area contributed by atoms with Crippen LogP contribution in [0.5, 0.6) is 11.5 Å². The van der Waals surface area contributed by atoms with Crippen molar-refractivity contribution in [2.24, 2.45) is 5.14 Å². The van der Waals surface area contributed by atoms with Gasteiger partial charge < -0.3 is 4.74 Å². The van der Waals surface area contributed by atoms with Gasteiger partial charge in [-0.15, -0.1) is 0 Å². The first-order valence-corrected chi connectivity index (χ1v) is 7.96. The first-order valence-electron chi connectivity index (χ1n) is 5.62. The molecule has 2 rings (SSSR count). The number of hydrogen-bond donors (Lipinski definition) is 1. The van der Waals surface area contributed by atoms with E-state index in [9.17, 15) is 22.9 Å². The van der Waals surface area contributed by atoms with Gasteiger partial charge >= 0.3 is 5.69 Å². The zero-order valence-electron chi connectivity index (χ0n) is 10.7. The molecule has 0 radical (unpaired) electrons. The monoisotopic (exact) mass is 390 g/mol. The lowest BCUT2D eigenvalue weighted by Gasteiger charge is -2.09. The molecule has 7 nitrogen and oxygen atoms in total. The van der Waals surface area contributed by atoms with Crippen LogP contribution >= 0.6 is 15.9 Å². The Balaban J connectivity index is 2.49. The molecule has 0 saturated carbocycles. The van der Waals surface area contributed by atoms with Crippen LogP contribution in [0.3, 0.4) is 0 Å². The lowest BCUT2D eigenvalue weighted by atomic mass is 10.3. The number of halogens is 2. The molecule has 2 N–H and O–H groups in total. The fourth-order valence-corrected chi connectivity index (χ4v) is 2.54. The molecular formula is C12H8BrFN2O5S. The molecule has 0 bridgehead atoms. The summed E-state index contributed by atoms with van der Waals surface area (Å²) in [5, 5.41) is 16.0. The molecule has 116 valence electrons. The molecule has 0 saturated heterocycles. The smallest absolute Gasteiger partial charge is 0.312 e. The SMILES string of the molecule is NS(=O)(=O)c1ccc(Oc2ccc(F)cc2Br)c([N+](=O)[O-])c1. The Morgan fingerprint density at radius 3 is 2.36 bits per heavy atom. The van der Waals surface area contributed by atoms with Crippen LogP contribution < -0.4 is 9.88 Å². The minimum atomic E-state index is -4.08. The van der Waals surface area contributed by atoms with E-state index in [0.717, 1.165) is 30.3 Å². The zero-order chi connectivity index (χ0) is 16.5. The fourth-order valence-electron chi connectivity index (χ4n) is 1.58. The Morgan fingerprint density at radius 2 is 1.82 bits per heavy atom. The van der Waals surface area contributed by atoms with Crippen molar-refractivity contribution >= 4 is 31.6 Å². The van der Waals surface area contributed by atoms with E-state index in [0.29, 0.717) is 0 Å². The van der Waals surface area contributed by atoms with Crippen molar-refractivity contribution in [2.75, 3.05) is 0 Å². The second-order valence-corrected chi connectivity index (χ2v) is 6.52. The maximum Gasteiger partial charge on any atom is 0.312 e. The summed E-state index contributed by atoms with van der Waals surface area (Å²) in [7, 11) is -4.08. The average Bonchev–Trinajstić information content (AvgIpc) is 2.40. The Labute approximate surface area is 132 Å². The number of sulfonamides is 1. The number of nitrogens with zero attached hydrogens (tertiary/aromatic N) is 1. The molecule has 0 aliphatic heterocycles. The summed E-state index contributed by atoms with van der Waals surface area (Å²) < 4.78 is 41.1. The van der Waals surface area contributed by atoms with Gasteiger partial charge in [0.15, 0.2) is 0 Å². The van der Waals surface area contributed by atoms with E-state index >= 15 is 0 Å². The van der Waals surface area contributed by atoms with E-state index in [1.165, 1.54) is 6.07 Å². The largest absolute Gasteiger partial charge is 0.449 e. The van der Waals surface area contributed by atoms with Gasteiger partial charge in [0.25, 0.3) is 0 Å². The van der Waals surface area contributed by atoms with Crippen molar-refractivity contribution in [3.05, 3.63) is 56.8 Å². The van der Waals surface area contributed by atoms with Crippen LogP contribution in [0.25, 0.3) is 0 Å². The highest BCUT2D eigenvalue weighted by Gasteiger charge is 2.21. The maximum atomic E-state index is 13.0. The van der Waals surface area contributed by atoms with Crippen LogP contribution in [-0.2, 0) is 10.0 Å². The number of ether oxygens (including phenoxy) is 1. The van der Waals surface area contributed by atoms with Crippen LogP contribution in [0.4, 0.5) is 10.1 Å². The van der Waals surface area contributed by atoms with Crippen LogP contribution in [0, 0.1) is 15.9 Å². The van der Waals surface area contributed by atoms with Crippen molar-refractivity contribution in [1.29, 1.82) is 0 Å². The summed E-state index contributed by atoms with van der Waals surface area (Å²) in [6, 6.07) is 6.49. The minimum Gasteiger partial charge on any atom is -0.449 e. The number of nitro groups is 1. The molecule has 0 aliphatic carbocycles. The minimum absolute atomic E-state index is 0.132. The average molecular weight is 391 g/mol. The molecule has 2 aromatic rings. The maximum absolute atomic E-state index is 13.0. The van der Waals surface area contributed by atoms with E-state index in [1.807, 2.05) is 0 Å². The van der Waals surface area contributed by atoms with Gasteiger partial charge in [-0.05, 0) is 46.3 Å². The fraction of sp³-hybridized carbons (Fsp3) is 0. The Kier molecular flexibility index (Phi) is 4.44. The number of primary sulfonamides is 1. The number of nitro benzene ring substituents is 1. The van der Waals surface area contributed by atoms with Gasteiger partial charge in [-0.25, -0.2) is 17.9 Å². The van der Waals surface area contributed by atoms with Crippen molar-refractivity contribution < 1.29 is 22.5 Å². The molecule has 2 aromatic carbocycles.